The molecule has 0 unspecified atom stereocenters. The summed E-state index contributed by atoms with van der Waals surface area (Å²) in [6, 6.07) is 18.1. The summed E-state index contributed by atoms with van der Waals surface area (Å²) in [5, 5.41) is 7.47. The second-order valence-electron chi connectivity index (χ2n) is 8.34. The molecule has 0 aliphatic carbocycles. The van der Waals surface area contributed by atoms with Crippen LogP contribution in [0.25, 0.3) is 16.9 Å². The summed E-state index contributed by atoms with van der Waals surface area (Å²) in [5.41, 5.74) is 2.55. The summed E-state index contributed by atoms with van der Waals surface area (Å²) in [6.45, 7) is 0.638. The second kappa shape index (κ2) is 10.7. The minimum absolute atomic E-state index is 0.109. The molecule has 3 heterocycles. The van der Waals surface area contributed by atoms with Gasteiger partial charge in [-0.1, -0.05) is 41.9 Å². The topological polar surface area (TPSA) is 89.2 Å². The molecule has 0 atom stereocenters. The predicted octanol–water partition coefficient (Wildman–Crippen LogP) is 5.95. The van der Waals surface area contributed by atoms with Crippen LogP contribution >= 0.6 is 11.6 Å². The number of hydrogen-bond donors (Lipinski definition) is 1. The lowest BCUT2D eigenvalue weighted by Crippen LogP contribution is -2.15. The summed E-state index contributed by atoms with van der Waals surface area (Å²) in [4.78, 5) is 34.4. The number of aliphatic imine (C=N–C) groups is 1. The Morgan fingerprint density at radius 2 is 1.89 bits per heavy atom. The number of carbonyl (C=O) groups is 2. The van der Waals surface area contributed by atoms with E-state index in [0.717, 1.165) is 5.57 Å². The number of aromatic nitrogens is 3. The summed E-state index contributed by atoms with van der Waals surface area (Å²) in [6.07, 6.45) is 6.06. The van der Waals surface area contributed by atoms with Gasteiger partial charge in [0.15, 0.2) is 5.78 Å². The zero-order chi connectivity index (χ0) is 25.8. The van der Waals surface area contributed by atoms with Crippen molar-refractivity contribution in [2.24, 2.45) is 4.99 Å². The van der Waals surface area contributed by atoms with Crippen LogP contribution in [0.1, 0.15) is 33.7 Å². The van der Waals surface area contributed by atoms with Gasteiger partial charge in [-0.25, -0.2) is 9.07 Å². The number of Topliss-reactive ketones (excluding diaryl/α,β-unsaturated/α-hetero) is 1. The minimum atomic E-state index is -0.536. The number of pyridine rings is 1. The van der Waals surface area contributed by atoms with Crippen LogP contribution in [0.2, 0.25) is 5.02 Å². The van der Waals surface area contributed by atoms with Crippen LogP contribution in [0.15, 0.2) is 89.6 Å². The first-order valence-electron chi connectivity index (χ1n) is 11.6. The van der Waals surface area contributed by atoms with Crippen LogP contribution in [-0.2, 0) is 0 Å². The van der Waals surface area contributed by atoms with Crippen molar-refractivity contribution in [3.63, 3.8) is 0 Å². The van der Waals surface area contributed by atoms with Crippen molar-refractivity contribution in [2.75, 3.05) is 11.9 Å². The normalized spacial score (nSPS) is 12.4. The first kappa shape index (κ1) is 24.3. The molecule has 1 amide bonds. The van der Waals surface area contributed by atoms with E-state index in [-0.39, 0.29) is 34.2 Å². The average Bonchev–Trinajstić information content (AvgIpc) is 3.59. The fourth-order valence-electron chi connectivity index (χ4n) is 3.95. The van der Waals surface area contributed by atoms with Crippen molar-refractivity contribution < 1.29 is 14.0 Å². The van der Waals surface area contributed by atoms with Gasteiger partial charge in [0, 0.05) is 30.5 Å². The number of carbonyl (C=O) groups excluding carboxylic acids is 2. The maximum absolute atomic E-state index is 14.3. The van der Waals surface area contributed by atoms with Gasteiger partial charge in [0.1, 0.15) is 23.0 Å². The van der Waals surface area contributed by atoms with Crippen molar-refractivity contribution in [3.8, 4) is 16.9 Å². The van der Waals surface area contributed by atoms with E-state index in [1.54, 1.807) is 18.3 Å². The average molecular weight is 514 g/mol. The summed E-state index contributed by atoms with van der Waals surface area (Å²) in [7, 11) is 0. The third-order valence-corrected chi connectivity index (χ3v) is 6.17. The van der Waals surface area contributed by atoms with E-state index >= 15 is 0 Å². The van der Waals surface area contributed by atoms with Gasteiger partial charge in [-0.15, -0.1) is 0 Å². The predicted molar refractivity (Wildman–Crippen MR) is 141 cm³/mol. The maximum atomic E-state index is 14.3. The number of nitrogens with zero attached hydrogens (tertiary/aromatic N) is 4. The largest absolute Gasteiger partial charge is 0.306 e. The van der Waals surface area contributed by atoms with E-state index in [2.05, 4.69) is 20.4 Å². The SMILES string of the molecule is O=C(CCC1=CCN=C1)c1cc(NC(=O)c2cc(-c3ncccc3F)ccc2Cl)n(-c2ccccc2)n1. The van der Waals surface area contributed by atoms with Gasteiger partial charge in [-0.3, -0.25) is 19.6 Å². The molecule has 1 N–H and O–H groups in total. The van der Waals surface area contributed by atoms with Crippen molar-refractivity contribution >= 4 is 35.3 Å². The highest BCUT2D eigenvalue weighted by Gasteiger charge is 2.20. The molecule has 184 valence electrons. The van der Waals surface area contributed by atoms with Gasteiger partial charge in [-0.05, 0) is 48.4 Å². The van der Waals surface area contributed by atoms with Crippen molar-refractivity contribution in [1.29, 1.82) is 0 Å². The minimum Gasteiger partial charge on any atom is -0.306 e. The number of ketones is 1. The highest BCUT2D eigenvalue weighted by atomic mass is 35.5. The molecule has 0 saturated heterocycles. The fourth-order valence-corrected chi connectivity index (χ4v) is 4.15. The molecule has 0 radical (unpaired) electrons. The standard InChI is InChI=1S/C28H21ClFN5O2/c29-22-10-9-19(27-23(30)7-4-13-32-27)15-21(22)28(37)33-26-16-24(25(36)11-8-18-12-14-31-17-18)34-35(26)20-5-2-1-3-6-20/h1-7,9-10,12-13,15-17H,8,11,14H2,(H,33,37). The highest BCUT2D eigenvalue weighted by molar-refractivity contribution is 6.34. The van der Waals surface area contributed by atoms with Crippen molar-refractivity contribution in [2.45, 2.75) is 12.8 Å². The molecule has 37 heavy (non-hydrogen) atoms. The third-order valence-electron chi connectivity index (χ3n) is 5.84. The lowest BCUT2D eigenvalue weighted by Gasteiger charge is -2.11. The van der Waals surface area contributed by atoms with E-state index in [0.29, 0.717) is 30.0 Å². The molecule has 0 spiro atoms. The van der Waals surface area contributed by atoms with Gasteiger partial charge >= 0.3 is 0 Å². The Balaban J connectivity index is 1.44. The van der Waals surface area contributed by atoms with Crippen LogP contribution in [0.4, 0.5) is 10.2 Å². The van der Waals surface area contributed by atoms with Gasteiger partial charge in [0.05, 0.1) is 22.8 Å². The number of amides is 1. The first-order chi connectivity index (χ1) is 18.0. The summed E-state index contributed by atoms with van der Waals surface area (Å²) in [5.74, 6) is -0.906. The van der Waals surface area contributed by atoms with E-state index < -0.39 is 11.7 Å². The fraction of sp³-hybridized carbons (Fsp3) is 0.107. The molecular formula is C28H21ClFN5O2. The number of halogens is 2. The first-order valence-corrected chi connectivity index (χ1v) is 12.0. The van der Waals surface area contributed by atoms with E-state index in [1.165, 1.54) is 35.1 Å². The summed E-state index contributed by atoms with van der Waals surface area (Å²) >= 11 is 6.33. The number of rotatable bonds is 8. The van der Waals surface area contributed by atoms with E-state index in [9.17, 15) is 14.0 Å². The smallest absolute Gasteiger partial charge is 0.258 e. The Kier molecular flexibility index (Phi) is 7.00. The van der Waals surface area contributed by atoms with Crippen LogP contribution in [0.3, 0.4) is 0 Å². The van der Waals surface area contributed by atoms with Crippen LogP contribution in [0.5, 0.6) is 0 Å². The Bertz CT molecular complexity index is 1550. The monoisotopic (exact) mass is 513 g/mol. The van der Waals surface area contributed by atoms with Crippen molar-refractivity contribution in [3.05, 3.63) is 107 Å². The Hall–Kier alpha value is -4.43. The number of allylic oxidation sites excluding steroid dienone is 1. The molecule has 4 aromatic rings. The van der Waals surface area contributed by atoms with E-state index in [4.69, 9.17) is 11.6 Å². The molecule has 0 bridgehead atoms. The Morgan fingerprint density at radius 1 is 1.05 bits per heavy atom. The number of anilines is 1. The zero-order valence-electron chi connectivity index (χ0n) is 19.6. The molecule has 0 fully saturated rings. The van der Waals surface area contributed by atoms with Crippen LogP contribution < -0.4 is 5.32 Å². The van der Waals surface area contributed by atoms with Crippen molar-refractivity contribution in [1.82, 2.24) is 14.8 Å². The molecule has 5 rings (SSSR count). The highest BCUT2D eigenvalue weighted by Crippen LogP contribution is 2.27. The molecule has 2 aromatic carbocycles. The van der Waals surface area contributed by atoms with Gasteiger partial charge in [-0.2, -0.15) is 5.10 Å². The number of nitrogens with one attached hydrogen (secondary N) is 1. The quantitative estimate of drug-likeness (QED) is 0.295. The number of benzene rings is 2. The third kappa shape index (κ3) is 5.39. The van der Waals surface area contributed by atoms with Crippen LogP contribution in [-0.4, -0.2) is 39.2 Å². The summed E-state index contributed by atoms with van der Waals surface area (Å²) < 4.78 is 15.8. The molecule has 7 nitrogen and oxygen atoms in total. The second-order valence-corrected chi connectivity index (χ2v) is 8.75. The molecule has 1 aliphatic rings. The Labute approximate surface area is 217 Å². The molecule has 2 aromatic heterocycles. The van der Waals surface area contributed by atoms with Gasteiger partial charge in [0.25, 0.3) is 5.91 Å². The number of para-hydroxylation sites is 1. The molecule has 0 saturated carbocycles. The van der Waals surface area contributed by atoms with Crippen LogP contribution in [0, 0.1) is 5.82 Å². The number of hydrogen-bond acceptors (Lipinski definition) is 5. The van der Waals surface area contributed by atoms with Gasteiger partial charge in [0.2, 0.25) is 0 Å². The zero-order valence-corrected chi connectivity index (χ0v) is 20.3. The Morgan fingerprint density at radius 3 is 2.65 bits per heavy atom. The lowest BCUT2D eigenvalue weighted by atomic mass is 10.1. The van der Waals surface area contributed by atoms with E-state index in [1.807, 2.05) is 36.4 Å². The maximum Gasteiger partial charge on any atom is 0.258 e. The molecule has 1 aliphatic heterocycles. The molecular weight excluding hydrogens is 493 g/mol. The van der Waals surface area contributed by atoms with Gasteiger partial charge < -0.3 is 5.32 Å². The lowest BCUT2D eigenvalue weighted by molar-refractivity contribution is 0.0976. The molecule has 9 heteroatoms.